The van der Waals surface area contributed by atoms with Gasteiger partial charge < -0.3 is 20.4 Å². The molecule has 1 atom stereocenters. The summed E-state index contributed by atoms with van der Waals surface area (Å²) in [7, 11) is 0. The molecule has 6 rings (SSSR count). The average Bonchev–Trinajstić information content (AvgIpc) is 3.17. The minimum absolute atomic E-state index is 0.192. The maximum Gasteiger partial charge on any atom is 0.321 e. The lowest BCUT2D eigenvalue weighted by molar-refractivity contribution is -0.724. The standard InChI is InChI=1S/C35H42N6O2/c1-2-21-41-31-14-8-7-13-30(31)32(26-11-5-3-6-12-26)37-33(34(41)42)38-35(43)36-27-15-17-28(18-16-27)40-24-19-29(20-25-40)39-22-9-4-10-23-39/h4,7-10,13-18,22-23,26,29,33H,2-3,5-6,11-12,19-21,24-25H2,1H3,(H-,36,38,43)/p+1/t33-/m0/s1. The summed E-state index contributed by atoms with van der Waals surface area (Å²) in [5.41, 5.74) is 4.69. The third-order valence-corrected chi connectivity index (χ3v) is 9.06. The Morgan fingerprint density at radius 2 is 1.63 bits per heavy atom. The smallest absolute Gasteiger partial charge is 0.321 e. The van der Waals surface area contributed by atoms with Crippen molar-refractivity contribution in [2.75, 3.05) is 34.8 Å². The Kier molecular flexibility index (Phi) is 9.01. The molecule has 1 aromatic heterocycles. The van der Waals surface area contributed by atoms with Gasteiger partial charge in [-0.1, -0.05) is 50.5 Å². The van der Waals surface area contributed by atoms with E-state index >= 15 is 0 Å². The quantitative estimate of drug-likeness (QED) is 0.333. The Balaban J connectivity index is 1.13. The number of nitrogens with zero attached hydrogens (tertiary/aromatic N) is 4. The van der Waals surface area contributed by atoms with Gasteiger partial charge in [-0.15, -0.1) is 0 Å². The van der Waals surface area contributed by atoms with Crippen LogP contribution in [-0.2, 0) is 4.79 Å². The lowest BCUT2D eigenvalue weighted by Crippen LogP contribution is -2.49. The molecule has 2 fully saturated rings. The van der Waals surface area contributed by atoms with Crippen molar-refractivity contribution in [3.05, 3.63) is 84.7 Å². The van der Waals surface area contributed by atoms with Crippen molar-refractivity contribution in [2.24, 2.45) is 10.9 Å². The summed E-state index contributed by atoms with van der Waals surface area (Å²) < 4.78 is 2.31. The van der Waals surface area contributed by atoms with Crippen molar-refractivity contribution in [3.63, 3.8) is 0 Å². The topological polar surface area (TPSA) is 80.9 Å². The molecule has 1 aliphatic carbocycles. The Hall–Kier alpha value is -4.20. The molecule has 8 nitrogen and oxygen atoms in total. The molecule has 8 heteroatoms. The van der Waals surface area contributed by atoms with Gasteiger partial charge >= 0.3 is 6.03 Å². The number of anilines is 3. The summed E-state index contributed by atoms with van der Waals surface area (Å²) in [5.74, 6) is 0.100. The molecule has 224 valence electrons. The summed E-state index contributed by atoms with van der Waals surface area (Å²) in [6, 6.07) is 22.4. The van der Waals surface area contributed by atoms with E-state index in [2.05, 4.69) is 75.8 Å². The molecule has 2 N–H and O–H groups in total. The van der Waals surface area contributed by atoms with Gasteiger partial charge in [0.15, 0.2) is 18.4 Å². The van der Waals surface area contributed by atoms with Gasteiger partial charge in [0.1, 0.15) is 0 Å². The van der Waals surface area contributed by atoms with Crippen molar-refractivity contribution >= 4 is 34.7 Å². The maximum atomic E-state index is 13.8. The third-order valence-electron chi connectivity index (χ3n) is 9.06. The van der Waals surface area contributed by atoms with Gasteiger partial charge in [0.2, 0.25) is 6.17 Å². The number of rotatable bonds is 7. The van der Waals surface area contributed by atoms with E-state index in [0.29, 0.717) is 24.2 Å². The van der Waals surface area contributed by atoms with E-state index in [4.69, 9.17) is 4.99 Å². The molecule has 0 spiro atoms. The summed E-state index contributed by atoms with van der Waals surface area (Å²) in [5, 5.41) is 5.85. The number of piperidine rings is 1. The van der Waals surface area contributed by atoms with Gasteiger partial charge in [-0.2, -0.15) is 0 Å². The van der Waals surface area contributed by atoms with Gasteiger partial charge in [-0.25, -0.2) is 9.36 Å². The van der Waals surface area contributed by atoms with E-state index in [1.807, 2.05) is 30.3 Å². The summed E-state index contributed by atoms with van der Waals surface area (Å²) in [6.45, 7) is 4.61. The number of aliphatic imine (C=N–C) groups is 1. The predicted octanol–water partition coefficient (Wildman–Crippen LogP) is 6.09. The molecule has 1 saturated heterocycles. The number of urea groups is 1. The molecule has 0 unspecified atom stereocenters. The van der Waals surface area contributed by atoms with Crippen LogP contribution in [0.2, 0.25) is 0 Å². The molecular formula is C35H43N6O2+. The molecule has 3 aromatic rings. The van der Waals surface area contributed by atoms with Crippen LogP contribution < -0.4 is 25.0 Å². The fraction of sp³-hybridized carbons (Fsp3) is 0.429. The fourth-order valence-electron chi connectivity index (χ4n) is 6.83. The van der Waals surface area contributed by atoms with Crippen molar-refractivity contribution in [3.8, 4) is 0 Å². The van der Waals surface area contributed by atoms with Crippen LogP contribution >= 0.6 is 0 Å². The predicted molar refractivity (Wildman–Crippen MR) is 172 cm³/mol. The highest BCUT2D eigenvalue weighted by Crippen LogP contribution is 2.34. The molecule has 3 heterocycles. The Morgan fingerprint density at radius 1 is 0.907 bits per heavy atom. The first-order valence-corrected chi connectivity index (χ1v) is 16.0. The average molecular weight is 580 g/mol. The van der Waals surface area contributed by atoms with Crippen molar-refractivity contribution < 1.29 is 14.2 Å². The number of para-hydroxylation sites is 1. The zero-order valence-corrected chi connectivity index (χ0v) is 25.1. The van der Waals surface area contributed by atoms with Gasteiger partial charge in [0.05, 0.1) is 11.4 Å². The second-order valence-electron chi connectivity index (χ2n) is 11.9. The number of carbonyl (C=O) groups is 2. The number of benzene rings is 2. The molecule has 3 aliphatic rings. The maximum absolute atomic E-state index is 13.8. The zero-order valence-electron chi connectivity index (χ0n) is 25.1. The number of amides is 3. The highest BCUT2D eigenvalue weighted by Gasteiger charge is 2.35. The Morgan fingerprint density at radius 3 is 2.35 bits per heavy atom. The lowest BCUT2D eigenvalue weighted by Gasteiger charge is -2.31. The third kappa shape index (κ3) is 6.58. The number of benzodiazepines with no additional fused rings is 1. The summed E-state index contributed by atoms with van der Waals surface area (Å²) >= 11 is 0. The first-order valence-electron chi connectivity index (χ1n) is 16.0. The van der Waals surface area contributed by atoms with Crippen LogP contribution in [0.1, 0.15) is 69.9 Å². The number of aromatic nitrogens is 1. The number of hydrogen-bond acceptors (Lipinski definition) is 4. The molecule has 0 radical (unpaired) electrons. The lowest BCUT2D eigenvalue weighted by atomic mass is 9.83. The highest BCUT2D eigenvalue weighted by molar-refractivity contribution is 6.14. The molecule has 2 aliphatic heterocycles. The van der Waals surface area contributed by atoms with Crippen LogP contribution in [0.25, 0.3) is 0 Å². The van der Waals surface area contributed by atoms with E-state index in [9.17, 15) is 9.59 Å². The van der Waals surface area contributed by atoms with Gasteiger partial charge in [0, 0.05) is 67.5 Å². The Labute approximate surface area is 254 Å². The number of carbonyl (C=O) groups excluding carboxylic acids is 2. The molecule has 1 saturated carbocycles. The fourth-order valence-corrected chi connectivity index (χ4v) is 6.83. The van der Waals surface area contributed by atoms with E-state index in [0.717, 1.165) is 80.7 Å². The first-order chi connectivity index (χ1) is 21.1. The van der Waals surface area contributed by atoms with Crippen LogP contribution in [-0.4, -0.2) is 43.5 Å². The minimum atomic E-state index is -0.973. The molecule has 2 aromatic carbocycles. The largest absolute Gasteiger partial charge is 0.371 e. The Bertz CT molecular complexity index is 1430. The number of pyridine rings is 1. The molecular weight excluding hydrogens is 536 g/mol. The second-order valence-corrected chi connectivity index (χ2v) is 11.9. The zero-order chi connectivity index (χ0) is 29.6. The van der Waals surface area contributed by atoms with Gasteiger partial charge in [-0.05, 0) is 49.6 Å². The van der Waals surface area contributed by atoms with Crippen molar-refractivity contribution in [2.45, 2.75) is 70.5 Å². The van der Waals surface area contributed by atoms with Crippen LogP contribution in [0.4, 0.5) is 21.9 Å². The van der Waals surface area contributed by atoms with Crippen molar-refractivity contribution in [1.29, 1.82) is 0 Å². The molecule has 3 amide bonds. The van der Waals surface area contributed by atoms with E-state index in [1.54, 1.807) is 4.90 Å². The van der Waals surface area contributed by atoms with E-state index in [1.165, 1.54) is 6.42 Å². The molecule has 0 bridgehead atoms. The first kappa shape index (κ1) is 28.9. The van der Waals surface area contributed by atoms with E-state index < -0.39 is 12.2 Å². The normalized spacial score (nSPS) is 19.8. The minimum Gasteiger partial charge on any atom is -0.371 e. The number of fused-ring (bicyclic) bond motifs is 1. The monoisotopic (exact) mass is 579 g/mol. The number of nitrogens with one attached hydrogen (secondary N) is 2. The van der Waals surface area contributed by atoms with E-state index in [-0.39, 0.29) is 5.91 Å². The summed E-state index contributed by atoms with van der Waals surface area (Å²) in [6.07, 6.45) is 12.0. The number of hydrogen-bond donors (Lipinski definition) is 2. The van der Waals surface area contributed by atoms with Crippen LogP contribution in [0.5, 0.6) is 0 Å². The highest BCUT2D eigenvalue weighted by atomic mass is 16.2. The van der Waals surface area contributed by atoms with Crippen LogP contribution in [0, 0.1) is 5.92 Å². The van der Waals surface area contributed by atoms with Crippen LogP contribution in [0.15, 0.2) is 84.1 Å². The van der Waals surface area contributed by atoms with Gasteiger partial charge in [-0.3, -0.25) is 9.79 Å². The summed E-state index contributed by atoms with van der Waals surface area (Å²) in [4.78, 5) is 36.2. The SMILES string of the molecule is CCCN1C(=O)[C@H](NC(=O)Nc2ccc(N3CCC([n+]4ccccc4)CC3)cc2)N=C(C2CCCCC2)c2ccccc21. The second kappa shape index (κ2) is 13.4. The van der Waals surface area contributed by atoms with Crippen molar-refractivity contribution in [1.82, 2.24) is 5.32 Å². The van der Waals surface area contributed by atoms with Gasteiger partial charge in [0.25, 0.3) is 5.91 Å². The molecule has 43 heavy (non-hydrogen) atoms. The van der Waals surface area contributed by atoms with Crippen LogP contribution in [0.3, 0.4) is 0 Å².